The van der Waals surface area contributed by atoms with Crippen LogP contribution in [-0.2, 0) is 14.3 Å². The van der Waals surface area contributed by atoms with Crippen LogP contribution in [0.25, 0.3) is 0 Å². The molecule has 0 radical (unpaired) electrons. The third kappa shape index (κ3) is 11.1. The fourth-order valence-electron chi connectivity index (χ4n) is 2.16. The van der Waals surface area contributed by atoms with Gasteiger partial charge in [-0.1, -0.05) is 24.3 Å². The minimum Gasteiger partial charge on any atom is -0.480 e. The molecule has 0 bridgehead atoms. The number of rotatable bonds is 6. The van der Waals surface area contributed by atoms with Crippen LogP contribution < -0.4 is 20.9 Å². The van der Waals surface area contributed by atoms with Crippen LogP contribution >= 0.6 is 12.4 Å². The van der Waals surface area contributed by atoms with E-state index in [1.807, 2.05) is 0 Å². The van der Waals surface area contributed by atoms with Gasteiger partial charge in [0.1, 0.15) is 23.6 Å². The molecule has 34 heavy (non-hydrogen) atoms. The summed E-state index contributed by atoms with van der Waals surface area (Å²) in [6.07, 6.45) is -9.51. The van der Waals surface area contributed by atoms with E-state index in [0.717, 1.165) is 24.3 Å². The maximum atomic E-state index is 11.9. The van der Waals surface area contributed by atoms with Crippen molar-refractivity contribution in [3.05, 3.63) is 59.7 Å². The molecule has 2 aromatic rings. The first-order valence-corrected chi connectivity index (χ1v) is 8.66. The lowest BCUT2D eigenvalue weighted by Gasteiger charge is -2.11. The van der Waals surface area contributed by atoms with Gasteiger partial charge in [0, 0.05) is 0 Å². The van der Waals surface area contributed by atoms with Crippen molar-refractivity contribution in [3.63, 3.8) is 0 Å². The fraction of sp³-hybridized carbons (Fsp3) is 0.263. The number of methoxy groups -OCH3 is 1. The van der Waals surface area contributed by atoms with Gasteiger partial charge in [0.2, 0.25) is 0 Å². The zero-order valence-electron chi connectivity index (χ0n) is 17.1. The van der Waals surface area contributed by atoms with E-state index in [1.165, 1.54) is 31.4 Å². The molecule has 8 nitrogen and oxygen atoms in total. The first-order valence-electron chi connectivity index (χ1n) is 8.66. The van der Waals surface area contributed by atoms with E-state index < -0.39 is 42.5 Å². The first-order chi connectivity index (χ1) is 15.1. The van der Waals surface area contributed by atoms with Crippen molar-refractivity contribution in [2.75, 3.05) is 7.11 Å². The largest absolute Gasteiger partial charge is 0.573 e. The summed E-state index contributed by atoms with van der Waals surface area (Å²) in [7, 11) is 1.17. The number of esters is 1. The number of carbonyl (C=O) groups excluding carboxylic acids is 1. The SMILES string of the molecule is COC(=O)C(N)c1ccc(OC(F)(F)F)cc1.Cl.NC(C(=O)O)c1ccc(OC(F)(F)F)cc1. The maximum Gasteiger partial charge on any atom is 0.573 e. The molecule has 0 aliphatic rings. The van der Waals surface area contributed by atoms with Crippen LogP contribution in [0, 0.1) is 0 Å². The third-order valence-corrected chi connectivity index (χ3v) is 3.67. The van der Waals surface area contributed by atoms with Crippen LogP contribution in [0.3, 0.4) is 0 Å². The lowest BCUT2D eigenvalue weighted by molar-refractivity contribution is -0.275. The van der Waals surface area contributed by atoms with Gasteiger partial charge in [0.25, 0.3) is 0 Å². The molecule has 2 rings (SSSR count). The number of alkyl halides is 6. The summed E-state index contributed by atoms with van der Waals surface area (Å²) < 4.78 is 82.6. The van der Waals surface area contributed by atoms with Gasteiger partial charge in [0.05, 0.1) is 7.11 Å². The number of aliphatic carboxylic acids is 1. The van der Waals surface area contributed by atoms with Crippen LogP contribution in [0.5, 0.6) is 11.5 Å². The zero-order chi connectivity index (χ0) is 25.4. The van der Waals surface area contributed by atoms with Crippen LogP contribution in [-0.4, -0.2) is 36.9 Å². The van der Waals surface area contributed by atoms with Gasteiger partial charge < -0.3 is 30.8 Å². The number of carboxylic acids is 1. The Hall–Kier alpha value is -3.23. The van der Waals surface area contributed by atoms with Gasteiger partial charge in [-0.3, -0.25) is 9.59 Å². The molecule has 190 valence electrons. The van der Waals surface area contributed by atoms with Gasteiger partial charge >= 0.3 is 24.7 Å². The molecule has 5 N–H and O–H groups in total. The highest BCUT2D eigenvalue weighted by atomic mass is 35.5. The molecule has 0 spiro atoms. The number of nitrogens with two attached hydrogens (primary N) is 2. The average Bonchev–Trinajstić information content (AvgIpc) is 2.71. The van der Waals surface area contributed by atoms with Crippen molar-refractivity contribution >= 4 is 24.3 Å². The molecule has 15 heteroatoms. The van der Waals surface area contributed by atoms with Crippen LogP contribution in [0.1, 0.15) is 23.2 Å². The summed E-state index contributed by atoms with van der Waals surface area (Å²) in [6.45, 7) is 0. The van der Waals surface area contributed by atoms with Crippen LogP contribution in [0.15, 0.2) is 48.5 Å². The van der Waals surface area contributed by atoms with E-state index in [2.05, 4.69) is 14.2 Å². The maximum absolute atomic E-state index is 11.9. The van der Waals surface area contributed by atoms with E-state index in [4.69, 9.17) is 16.6 Å². The molecule has 0 saturated heterocycles. The number of hydrogen-bond acceptors (Lipinski definition) is 7. The Balaban J connectivity index is 0.000000623. The Morgan fingerprint density at radius 1 is 0.765 bits per heavy atom. The molecule has 0 aliphatic heterocycles. The number of benzene rings is 2. The van der Waals surface area contributed by atoms with Gasteiger partial charge in [-0.05, 0) is 35.4 Å². The molecule has 0 aromatic heterocycles. The summed E-state index contributed by atoms with van der Waals surface area (Å²) in [5.41, 5.74) is 11.3. The molecule has 0 heterocycles. The highest BCUT2D eigenvalue weighted by Gasteiger charge is 2.31. The predicted octanol–water partition coefficient (Wildman–Crippen LogP) is 3.85. The van der Waals surface area contributed by atoms with E-state index in [0.29, 0.717) is 5.56 Å². The van der Waals surface area contributed by atoms with Gasteiger partial charge in [-0.25, -0.2) is 0 Å². The molecule has 0 fully saturated rings. The lowest BCUT2D eigenvalue weighted by atomic mass is 10.1. The van der Waals surface area contributed by atoms with Gasteiger partial charge in [0.15, 0.2) is 0 Å². The van der Waals surface area contributed by atoms with Crippen LogP contribution in [0.4, 0.5) is 26.3 Å². The van der Waals surface area contributed by atoms with Gasteiger partial charge in [-0.2, -0.15) is 0 Å². The number of ether oxygens (including phenoxy) is 3. The molecule has 0 saturated carbocycles. The smallest absolute Gasteiger partial charge is 0.480 e. The second-order valence-electron chi connectivity index (χ2n) is 6.05. The van der Waals surface area contributed by atoms with E-state index in [9.17, 15) is 35.9 Å². The Morgan fingerprint density at radius 2 is 1.09 bits per heavy atom. The van der Waals surface area contributed by atoms with Crippen LogP contribution in [0.2, 0.25) is 0 Å². The Morgan fingerprint density at radius 3 is 1.35 bits per heavy atom. The first kappa shape index (κ1) is 30.8. The minimum absolute atomic E-state index is 0. The quantitative estimate of drug-likeness (QED) is 0.386. The predicted molar refractivity (Wildman–Crippen MR) is 107 cm³/mol. The van der Waals surface area contributed by atoms with Crippen molar-refractivity contribution in [1.82, 2.24) is 0 Å². The molecular weight excluding hydrogens is 502 g/mol. The van der Waals surface area contributed by atoms with Gasteiger partial charge in [-0.15, -0.1) is 38.7 Å². The molecule has 0 amide bonds. The number of carbonyl (C=O) groups is 2. The van der Waals surface area contributed by atoms with Crippen molar-refractivity contribution in [3.8, 4) is 11.5 Å². The summed E-state index contributed by atoms with van der Waals surface area (Å²) in [5.74, 6) is -2.73. The standard InChI is InChI=1S/C10H10F3NO3.C9H8F3NO3.ClH/c1-16-9(15)8(14)6-2-4-7(5-3-6)17-10(11,12)13;10-9(11,12)16-6-3-1-5(2-4-6)7(13)8(14)15;/h2-5,8H,14H2,1H3;1-4,7H,13H2,(H,14,15);1H. The lowest BCUT2D eigenvalue weighted by Crippen LogP contribution is -2.22. The molecule has 0 aliphatic carbocycles. The second kappa shape index (κ2) is 12.9. The minimum atomic E-state index is -4.77. The fourth-order valence-corrected chi connectivity index (χ4v) is 2.16. The van der Waals surface area contributed by atoms with Crippen molar-refractivity contribution in [2.45, 2.75) is 24.8 Å². The summed E-state index contributed by atoms with van der Waals surface area (Å²) in [6, 6.07) is 6.74. The normalized spacial score (nSPS) is 12.7. The summed E-state index contributed by atoms with van der Waals surface area (Å²) in [5, 5.41) is 8.55. The third-order valence-electron chi connectivity index (χ3n) is 3.67. The highest BCUT2D eigenvalue weighted by Crippen LogP contribution is 2.25. The Labute approximate surface area is 194 Å². The molecule has 2 aromatic carbocycles. The second-order valence-corrected chi connectivity index (χ2v) is 6.05. The number of carboxylic acid groups (broad SMARTS) is 1. The number of halogens is 7. The topological polar surface area (TPSA) is 134 Å². The zero-order valence-corrected chi connectivity index (χ0v) is 17.9. The highest BCUT2D eigenvalue weighted by molar-refractivity contribution is 5.85. The Kier molecular flexibility index (Phi) is 11.6. The Bertz CT molecular complexity index is 923. The van der Waals surface area contributed by atoms with Crippen molar-refractivity contribution < 1.29 is 55.2 Å². The summed E-state index contributed by atoms with van der Waals surface area (Å²) in [4.78, 5) is 21.5. The molecule has 2 unspecified atom stereocenters. The van der Waals surface area contributed by atoms with E-state index in [-0.39, 0.29) is 23.7 Å². The molecular formula is C19H19ClF6N2O6. The summed E-state index contributed by atoms with van der Waals surface area (Å²) >= 11 is 0. The van der Waals surface area contributed by atoms with Crippen molar-refractivity contribution in [1.29, 1.82) is 0 Å². The van der Waals surface area contributed by atoms with E-state index >= 15 is 0 Å². The monoisotopic (exact) mass is 520 g/mol. The molecule has 2 atom stereocenters. The number of hydrogen-bond donors (Lipinski definition) is 3. The van der Waals surface area contributed by atoms with Crippen molar-refractivity contribution in [2.24, 2.45) is 11.5 Å². The van der Waals surface area contributed by atoms with E-state index in [1.54, 1.807) is 0 Å². The average molecular weight is 521 g/mol.